The molecule has 12 heteroatoms. The zero-order valence-electron chi connectivity index (χ0n) is 33.6. The Hall–Kier alpha value is -2.56. The number of phosphoric acid groups is 1. The van der Waals surface area contributed by atoms with Gasteiger partial charge in [0.2, 0.25) is 0 Å². The largest absolute Gasteiger partial charge is 0.480 e. The molecule has 11 nitrogen and oxygen atoms in total. The summed E-state index contributed by atoms with van der Waals surface area (Å²) in [7, 11) is -4.72. The molecule has 0 fully saturated rings. The number of aliphatic carboxylic acids is 1. The zero-order chi connectivity index (χ0) is 40.0. The third-order valence-electron chi connectivity index (χ3n) is 8.58. The molecular formula is C42H74NO10P. The van der Waals surface area contributed by atoms with E-state index in [0.717, 1.165) is 57.8 Å². The Kier molecular flexibility index (Phi) is 35.6. The Balaban J connectivity index is 4.43. The molecule has 0 radical (unpaired) electrons. The van der Waals surface area contributed by atoms with Crippen molar-refractivity contribution in [3.63, 3.8) is 0 Å². The highest BCUT2D eigenvalue weighted by Crippen LogP contribution is 2.43. The molecule has 0 amide bonds. The summed E-state index contributed by atoms with van der Waals surface area (Å²) < 4.78 is 32.6. The van der Waals surface area contributed by atoms with Crippen LogP contribution in [-0.4, -0.2) is 59.9 Å². The fraction of sp³-hybridized carbons (Fsp3) is 0.738. The summed E-state index contributed by atoms with van der Waals surface area (Å²) in [6, 6.07) is -1.53. The minimum Gasteiger partial charge on any atom is -0.480 e. The Morgan fingerprint density at radius 2 is 0.981 bits per heavy atom. The number of ether oxygens (including phenoxy) is 2. The minimum atomic E-state index is -4.72. The van der Waals surface area contributed by atoms with Gasteiger partial charge in [-0.3, -0.25) is 23.4 Å². The number of allylic oxidation sites excluding steroid dienone is 8. The van der Waals surface area contributed by atoms with E-state index in [1.54, 1.807) is 0 Å². The second-order valence-electron chi connectivity index (χ2n) is 13.8. The van der Waals surface area contributed by atoms with Crippen molar-refractivity contribution >= 4 is 25.7 Å². The van der Waals surface area contributed by atoms with Crippen LogP contribution < -0.4 is 5.73 Å². The van der Waals surface area contributed by atoms with Gasteiger partial charge in [0.15, 0.2) is 6.10 Å². The number of esters is 2. The van der Waals surface area contributed by atoms with Gasteiger partial charge < -0.3 is 25.2 Å². The molecule has 0 aromatic carbocycles. The molecule has 1 unspecified atom stereocenters. The summed E-state index contributed by atoms with van der Waals surface area (Å²) in [4.78, 5) is 45.8. The molecule has 0 saturated heterocycles. The first-order chi connectivity index (χ1) is 26.1. The van der Waals surface area contributed by atoms with Crippen LogP contribution in [0.4, 0.5) is 0 Å². The molecule has 0 saturated carbocycles. The van der Waals surface area contributed by atoms with Gasteiger partial charge in [0.1, 0.15) is 12.6 Å². The zero-order valence-corrected chi connectivity index (χ0v) is 34.4. The van der Waals surface area contributed by atoms with Crippen molar-refractivity contribution < 1.29 is 47.5 Å². The molecule has 0 rings (SSSR count). The summed E-state index contributed by atoms with van der Waals surface area (Å²) in [5, 5.41) is 8.87. The monoisotopic (exact) mass is 784 g/mol. The van der Waals surface area contributed by atoms with Crippen molar-refractivity contribution in [3.8, 4) is 0 Å². The van der Waals surface area contributed by atoms with Gasteiger partial charge in [-0.05, 0) is 57.8 Å². The predicted molar refractivity (Wildman–Crippen MR) is 217 cm³/mol. The van der Waals surface area contributed by atoms with Crippen molar-refractivity contribution in [3.05, 3.63) is 48.6 Å². The van der Waals surface area contributed by atoms with Crippen LogP contribution in [0.2, 0.25) is 0 Å². The first-order valence-electron chi connectivity index (χ1n) is 20.7. The standard InChI is InChI=1S/C42H74NO10P/c1-3-5-7-9-11-13-15-16-17-18-19-20-21-22-24-25-27-29-31-33-40(44)50-35-38(36-51-54(48,49)52-37-39(43)42(46)47)53-41(45)34-32-30-28-26-23-14-12-10-8-6-4-2/h11,13,16-17,19-20,22,24,38-39H,3-10,12,14-15,18,21,23,25-37,43H2,1-2H3,(H,46,47)(H,48,49)/b13-11-,17-16-,20-19-,24-22-/t38-,39+/m1/s1. The summed E-state index contributed by atoms with van der Waals surface area (Å²) in [6.07, 6.45) is 40.4. The number of hydrogen-bond acceptors (Lipinski definition) is 9. The van der Waals surface area contributed by atoms with Crippen LogP contribution in [0.25, 0.3) is 0 Å². The van der Waals surface area contributed by atoms with E-state index in [1.165, 1.54) is 70.6 Å². The topological polar surface area (TPSA) is 172 Å². The first-order valence-corrected chi connectivity index (χ1v) is 22.2. The smallest absolute Gasteiger partial charge is 0.472 e. The molecule has 312 valence electrons. The van der Waals surface area contributed by atoms with Crippen molar-refractivity contribution in [2.24, 2.45) is 5.73 Å². The molecule has 0 aromatic heterocycles. The Bertz CT molecular complexity index is 1110. The number of carbonyl (C=O) groups excluding carboxylic acids is 2. The van der Waals surface area contributed by atoms with Crippen LogP contribution in [0.15, 0.2) is 48.6 Å². The van der Waals surface area contributed by atoms with Crippen LogP contribution in [0.1, 0.15) is 168 Å². The lowest BCUT2D eigenvalue weighted by Crippen LogP contribution is -2.34. The highest BCUT2D eigenvalue weighted by molar-refractivity contribution is 7.47. The van der Waals surface area contributed by atoms with Gasteiger partial charge in [0.25, 0.3) is 0 Å². The second kappa shape index (κ2) is 37.4. The average Bonchev–Trinajstić information content (AvgIpc) is 3.14. The SMILES string of the molecule is CCCCC/C=C\C/C=C\C/C=C\C/C=C\CCCCCC(=O)OC[C@H](COP(=O)(O)OC[C@H](N)C(=O)O)OC(=O)CCCCCCCCCCCCC. The van der Waals surface area contributed by atoms with Crippen LogP contribution in [-0.2, 0) is 37.5 Å². The molecule has 0 aliphatic rings. The maximum atomic E-state index is 12.6. The highest BCUT2D eigenvalue weighted by Gasteiger charge is 2.28. The second-order valence-corrected chi connectivity index (χ2v) is 15.2. The highest BCUT2D eigenvalue weighted by atomic mass is 31.2. The van der Waals surface area contributed by atoms with Crippen LogP contribution in [0, 0.1) is 0 Å². The van der Waals surface area contributed by atoms with Gasteiger partial charge in [-0.15, -0.1) is 0 Å². The van der Waals surface area contributed by atoms with Gasteiger partial charge in [0.05, 0.1) is 13.2 Å². The van der Waals surface area contributed by atoms with Gasteiger partial charge in [-0.2, -0.15) is 0 Å². The first kappa shape index (κ1) is 51.4. The van der Waals surface area contributed by atoms with Crippen molar-refractivity contribution in [2.75, 3.05) is 19.8 Å². The molecule has 0 aromatic rings. The van der Waals surface area contributed by atoms with Gasteiger partial charge in [-0.1, -0.05) is 146 Å². The Morgan fingerprint density at radius 3 is 1.50 bits per heavy atom. The van der Waals surface area contributed by atoms with E-state index in [-0.39, 0.29) is 19.4 Å². The van der Waals surface area contributed by atoms with E-state index in [1.807, 2.05) is 0 Å². The van der Waals surface area contributed by atoms with E-state index in [4.69, 9.17) is 24.8 Å². The van der Waals surface area contributed by atoms with E-state index >= 15 is 0 Å². The fourth-order valence-electron chi connectivity index (χ4n) is 5.28. The fourth-order valence-corrected chi connectivity index (χ4v) is 6.06. The number of phosphoric ester groups is 1. The summed E-state index contributed by atoms with van der Waals surface area (Å²) in [5.74, 6) is -2.42. The molecule has 0 aliphatic carbocycles. The molecule has 54 heavy (non-hydrogen) atoms. The minimum absolute atomic E-state index is 0.154. The van der Waals surface area contributed by atoms with E-state index in [0.29, 0.717) is 12.8 Å². The quantitative estimate of drug-likeness (QED) is 0.0235. The molecular weight excluding hydrogens is 709 g/mol. The van der Waals surface area contributed by atoms with Crippen molar-refractivity contribution in [2.45, 2.75) is 180 Å². The molecule has 0 spiro atoms. The van der Waals surface area contributed by atoms with Gasteiger partial charge >= 0.3 is 25.7 Å². The van der Waals surface area contributed by atoms with E-state index < -0.39 is 51.1 Å². The number of rotatable bonds is 38. The van der Waals surface area contributed by atoms with Crippen LogP contribution in [0.3, 0.4) is 0 Å². The third kappa shape index (κ3) is 36.4. The molecule has 4 N–H and O–H groups in total. The lowest BCUT2D eigenvalue weighted by Gasteiger charge is -2.20. The third-order valence-corrected chi connectivity index (χ3v) is 9.53. The molecule has 0 heterocycles. The summed E-state index contributed by atoms with van der Waals surface area (Å²) >= 11 is 0. The molecule has 3 atom stereocenters. The normalized spacial score (nSPS) is 14.3. The van der Waals surface area contributed by atoms with Crippen molar-refractivity contribution in [1.82, 2.24) is 0 Å². The number of carboxylic acid groups (broad SMARTS) is 1. The Labute approximate surface area is 326 Å². The van der Waals surface area contributed by atoms with E-state index in [2.05, 4.69) is 67.0 Å². The molecule has 0 aliphatic heterocycles. The number of unbranched alkanes of at least 4 members (excludes halogenated alkanes) is 16. The van der Waals surface area contributed by atoms with Gasteiger partial charge in [0, 0.05) is 12.8 Å². The molecule has 0 bridgehead atoms. The summed E-state index contributed by atoms with van der Waals surface area (Å²) in [6.45, 7) is 2.72. The maximum Gasteiger partial charge on any atom is 0.472 e. The van der Waals surface area contributed by atoms with Crippen LogP contribution in [0.5, 0.6) is 0 Å². The lowest BCUT2D eigenvalue weighted by atomic mass is 10.1. The Morgan fingerprint density at radius 1 is 0.574 bits per heavy atom. The predicted octanol–water partition coefficient (Wildman–Crippen LogP) is 10.6. The number of carbonyl (C=O) groups is 3. The summed E-state index contributed by atoms with van der Waals surface area (Å²) in [5.41, 5.74) is 5.32. The lowest BCUT2D eigenvalue weighted by molar-refractivity contribution is -0.161. The maximum absolute atomic E-state index is 12.6. The number of hydrogen-bond donors (Lipinski definition) is 3. The van der Waals surface area contributed by atoms with Crippen molar-refractivity contribution in [1.29, 1.82) is 0 Å². The average molecular weight is 784 g/mol. The van der Waals surface area contributed by atoms with Gasteiger partial charge in [-0.25, -0.2) is 4.57 Å². The van der Waals surface area contributed by atoms with E-state index in [9.17, 15) is 23.8 Å². The number of carboxylic acids is 1. The number of nitrogens with two attached hydrogens (primary N) is 1. The van der Waals surface area contributed by atoms with Crippen LogP contribution >= 0.6 is 7.82 Å².